The van der Waals surface area contributed by atoms with E-state index in [9.17, 15) is 5.11 Å². The fourth-order valence-corrected chi connectivity index (χ4v) is 3.83. The molecule has 0 radical (unpaired) electrons. The summed E-state index contributed by atoms with van der Waals surface area (Å²) in [5, 5.41) is 21.6. The number of benzene rings is 1. The lowest BCUT2D eigenvalue weighted by atomic mass is 9.93. The topological polar surface area (TPSA) is 49.2 Å². The van der Waals surface area contributed by atoms with Crippen LogP contribution in [-0.4, -0.2) is 28.4 Å². The molecule has 4 nitrogen and oxygen atoms in total. The number of aromatic nitrogens is 2. The molecule has 4 heteroatoms. The van der Waals surface area contributed by atoms with Crippen LogP contribution < -0.4 is 4.90 Å². The maximum Gasteiger partial charge on any atom is 0.159 e. The summed E-state index contributed by atoms with van der Waals surface area (Å²) in [5.41, 5.74) is 2.01. The Morgan fingerprint density at radius 2 is 1.93 bits per heavy atom. The van der Waals surface area contributed by atoms with Crippen LogP contribution >= 0.6 is 0 Å². The second-order valence-corrected chi connectivity index (χ2v) is 7.69. The first-order chi connectivity index (χ1) is 13.2. The number of anilines is 1. The van der Waals surface area contributed by atoms with Crippen molar-refractivity contribution in [2.45, 2.75) is 39.0 Å². The summed E-state index contributed by atoms with van der Waals surface area (Å²) < 4.78 is 0. The van der Waals surface area contributed by atoms with E-state index in [2.05, 4.69) is 47.3 Å². The van der Waals surface area contributed by atoms with Crippen LogP contribution in [0, 0.1) is 5.92 Å². The lowest BCUT2D eigenvalue weighted by Gasteiger charge is -2.25. The molecule has 0 saturated heterocycles. The maximum absolute atomic E-state index is 9.89. The van der Waals surface area contributed by atoms with Crippen molar-refractivity contribution in [1.82, 2.24) is 10.2 Å². The molecule has 1 aromatic carbocycles. The third-order valence-electron chi connectivity index (χ3n) is 5.40. The van der Waals surface area contributed by atoms with Crippen molar-refractivity contribution in [3.8, 4) is 0 Å². The minimum Gasteiger partial charge on any atom is -0.508 e. The Hall–Kier alpha value is -2.62. The first-order valence-corrected chi connectivity index (χ1v) is 9.93. The van der Waals surface area contributed by atoms with E-state index in [1.807, 2.05) is 19.1 Å². The van der Waals surface area contributed by atoms with Gasteiger partial charge in [0.1, 0.15) is 5.76 Å². The van der Waals surface area contributed by atoms with E-state index in [4.69, 9.17) is 5.10 Å². The van der Waals surface area contributed by atoms with Crippen molar-refractivity contribution in [1.29, 1.82) is 0 Å². The van der Waals surface area contributed by atoms with Crippen molar-refractivity contribution >= 4 is 16.6 Å². The fraction of sp³-hybridized carbons (Fsp3) is 0.391. The van der Waals surface area contributed by atoms with E-state index < -0.39 is 0 Å². The molecule has 2 aliphatic carbocycles. The van der Waals surface area contributed by atoms with E-state index in [-0.39, 0.29) is 11.7 Å². The molecule has 1 atom stereocenters. The molecule has 1 fully saturated rings. The summed E-state index contributed by atoms with van der Waals surface area (Å²) in [5.74, 6) is 2.10. The third-order valence-corrected chi connectivity index (χ3v) is 5.40. The van der Waals surface area contributed by atoms with Gasteiger partial charge in [0.05, 0.1) is 5.69 Å². The van der Waals surface area contributed by atoms with Gasteiger partial charge >= 0.3 is 0 Å². The summed E-state index contributed by atoms with van der Waals surface area (Å²) in [7, 11) is 0. The molecule has 2 aliphatic rings. The molecule has 4 rings (SSSR count). The maximum atomic E-state index is 9.89. The first kappa shape index (κ1) is 17.8. The number of fused-ring (bicyclic) bond motifs is 1. The van der Waals surface area contributed by atoms with Crippen molar-refractivity contribution in [2.24, 2.45) is 5.92 Å². The zero-order valence-corrected chi connectivity index (χ0v) is 16.1. The predicted molar refractivity (Wildman–Crippen MR) is 111 cm³/mol. The Balaban J connectivity index is 1.79. The molecule has 27 heavy (non-hydrogen) atoms. The molecule has 0 aliphatic heterocycles. The van der Waals surface area contributed by atoms with Gasteiger partial charge in [0.15, 0.2) is 5.82 Å². The fourth-order valence-electron chi connectivity index (χ4n) is 3.83. The van der Waals surface area contributed by atoms with Gasteiger partial charge in [-0.05, 0) is 44.3 Å². The highest BCUT2D eigenvalue weighted by Gasteiger charge is 2.27. The number of hydrogen-bond acceptors (Lipinski definition) is 4. The van der Waals surface area contributed by atoms with Crippen LogP contribution in [0.1, 0.15) is 44.7 Å². The van der Waals surface area contributed by atoms with Crippen molar-refractivity contribution in [3.05, 3.63) is 65.6 Å². The second kappa shape index (κ2) is 7.55. The zero-order chi connectivity index (χ0) is 18.8. The van der Waals surface area contributed by atoms with Gasteiger partial charge in [-0.15, -0.1) is 5.10 Å². The van der Waals surface area contributed by atoms with E-state index in [1.165, 1.54) is 18.2 Å². The second-order valence-electron chi connectivity index (χ2n) is 7.69. The number of rotatable bonds is 6. The summed E-state index contributed by atoms with van der Waals surface area (Å²) >= 11 is 0. The van der Waals surface area contributed by atoms with Crippen LogP contribution in [0.15, 0.2) is 59.9 Å². The van der Waals surface area contributed by atoms with Gasteiger partial charge in [0.25, 0.3) is 0 Å². The Kier molecular flexibility index (Phi) is 4.97. The van der Waals surface area contributed by atoms with Gasteiger partial charge in [-0.1, -0.05) is 48.9 Å². The number of hydrogen-bond donors (Lipinski definition) is 1. The van der Waals surface area contributed by atoms with Crippen molar-refractivity contribution < 1.29 is 5.11 Å². The largest absolute Gasteiger partial charge is 0.508 e. The molecule has 140 valence electrons. The molecule has 1 saturated carbocycles. The Bertz CT molecular complexity index is 924. The smallest absolute Gasteiger partial charge is 0.159 e. The van der Waals surface area contributed by atoms with E-state index in [0.29, 0.717) is 0 Å². The van der Waals surface area contributed by atoms with Gasteiger partial charge in [-0.25, -0.2) is 0 Å². The average molecular weight is 361 g/mol. The number of nitrogens with zero attached hydrogens (tertiary/aromatic N) is 3. The van der Waals surface area contributed by atoms with Crippen LogP contribution in [0.25, 0.3) is 10.8 Å². The third kappa shape index (κ3) is 3.75. The van der Waals surface area contributed by atoms with Gasteiger partial charge in [-0.3, -0.25) is 0 Å². The van der Waals surface area contributed by atoms with Crippen LogP contribution in [0.2, 0.25) is 0 Å². The minimum atomic E-state index is 0.0143. The average Bonchev–Trinajstić information content (AvgIpc) is 3.49. The highest BCUT2D eigenvalue weighted by molar-refractivity contribution is 5.94. The van der Waals surface area contributed by atoms with E-state index >= 15 is 0 Å². The number of aliphatic hydroxyl groups is 1. The molecule has 1 heterocycles. The highest BCUT2D eigenvalue weighted by atomic mass is 16.3. The van der Waals surface area contributed by atoms with E-state index in [0.717, 1.165) is 47.9 Å². The van der Waals surface area contributed by atoms with Crippen molar-refractivity contribution in [2.75, 3.05) is 18.0 Å². The molecule has 0 bridgehead atoms. The summed E-state index contributed by atoms with van der Waals surface area (Å²) in [4.78, 5) is 2.41. The predicted octanol–water partition coefficient (Wildman–Crippen LogP) is 5.30. The first-order valence-electron chi connectivity index (χ1n) is 9.93. The van der Waals surface area contributed by atoms with E-state index in [1.54, 1.807) is 6.08 Å². The normalized spacial score (nSPS) is 19.6. The standard InChI is InChI=1S/C23H27N3O/c1-3-13-26(15-17-11-12-17)23-21-9-5-4-8-20(21)22(24-25-23)19-10-6-7-18(27)14-16(19)2/h4-10,14,17,19,27H,3,11-13,15H2,1-2H3. The summed E-state index contributed by atoms with van der Waals surface area (Å²) in [6.07, 6.45) is 11.3. The van der Waals surface area contributed by atoms with Gasteiger partial charge in [-0.2, -0.15) is 5.10 Å². The Labute approximate surface area is 160 Å². The summed E-state index contributed by atoms with van der Waals surface area (Å²) in [6.45, 7) is 6.33. The molecular formula is C23H27N3O. The molecule has 1 aromatic heterocycles. The Morgan fingerprint density at radius 3 is 2.67 bits per heavy atom. The highest BCUT2D eigenvalue weighted by Crippen LogP contribution is 2.36. The Morgan fingerprint density at radius 1 is 1.15 bits per heavy atom. The molecular weight excluding hydrogens is 334 g/mol. The number of allylic oxidation sites excluding steroid dienone is 5. The number of aliphatic hydroxyl groups excluding tert-OH is 1. The molecule has 1 N–H and O–H groups in total. The minimum absolute atomic E-state index is 0.0143. The van der Waals surface area contributed by atoms with Crippen LogP contribution in [0.5, 0.6) is 0 Å². The van der Waals surface area contributed by atoms with Gasteiger partial charge in [0, 0.05) is 29.8 Å². The SMILES string of the molecule is CCCN(CC1CC1)c1nnc(C2C=CC=C(O)C=C2C)c2ccccc12. The molecule has 1 unspecified atom stereocenters. The quantitative estimate of drug-likeness (QED) is 0.759. The molecule has 2 aromatic rings. The lowest BCUT2D eigenvalue weighted by Crippen LogP contribution is -2.28. The molecule has 0 spiro atoms. The lowest BCUT2D eigenvalue weighted by molar-refractivity contribution is 0.432. The monoisotopic (exact) mass is 361 g/mol. The van der Waals surface area contributed by atoms with Crippen LogP contribution in [0.3, 0.4) is 0 Å². The van der Waals surface area contributed by atoms with Crippen LogP contribution in [-0.2, 0) is 0 Å². The van der Waals surface area contributed by atoms with Gasteiger partial charge < -0.3 is 10.0 Å². The molecule has 0 amide bonds. The summed E-state index contributed by atoms with van der Waals surface area (Å²) in [6, 6.07) is 8.45. The van der Waals surface area contributed by atoms with Crippen molar-refractivity contribution in [3.63, 3.8) is 0 Å². The van der Waals surface area contributed by atoms with Crippen LogP contribution in [0.4, 0.5) is 5.82 Å². The zero-order valence-electron chi connectivity index (χ0n) is 16.1. The van der Waals surface area contributed by atoms with Gasteiger partial charge in [0.2, 0.25) is 0 Å².